The molecule has 0 aliphatic heterocycles. The average Bonchev–Trinajstić information content (AvgIpc) is 2.73. The number of hydrogen-bond donors (Lipinski definition) is 2. The number of ether oxygens (including phenoxy) is 1. The third-order valence-electron chi connectivity index (χ3n) is 5.03. The first-order chi connectivity index (χ1) is 14.3. The van der Waals surface area contributed by atoms with Crippen LogP contribution >= 0.6 is 0 Å². The summed E-state index contributed by atoms with van der Waals surface area (Å²) in [4.78, 5) is 10.7. The van der Waals surface area contributed by atoms with E-state index in [0.29, 0.717) is 17.4 Å². The summed E-state index contributed by atoms with van der Waals surface area (Å²) in [6.45, 7) is 2.08. The number of nitro groups is 1. The molecule has 0 aromatic heterocycles. The van der Waals surface area contributed by atoms with Crippen LogP contribution in [0.2, 0.25) is 0 Å². The van der Waals surface area contributed by atoms with Crippen molar-refractivity contribution in [1.82, 2.24) is 0 Å². The molecule has 0 amide bonds. The van der Waals surface area contributed by atoms with Gasteiger partial charge in [0.2, 0.25) is 0 Å². The molecule has 1 aliphatic rings. The molecule has 2 N–H and O–H groups in total. The monoisotopic (exact) mass is 432 g/mol. The fraction of sp³-hybridized carbons (Fsp3) is 0.350. The van der Waals surface area contributed by atoms with Gasteiger partial charge in [0.15, 0.2) is 0 Å². The van der Waals surface area contributed by atoms with Crippen molar-refractivity contribution in [3.05, 3.63) is 52.6 Å². The predicted octanol–water partition coefficient (Wildman–Crippen LogP) is 4.38. The van der Waals surface area contributed by atoms with Gasteiger partial charge in [-0.2, -0.15) is 5.10 Å². The van der Waals surface area contributed by atoms with E-state index in [-0.39, 0.29) is 16.3 Å². The van der Waals surface area contributed by atoms with Gasteiger partial charge in [-0.15, -0.1) is 0 Å². The molecule has 1 aliphatic carbocycles. The first-order valence-electron chi connectivity index (χ1n) is 9.58. The number of hydrogen-bond acceptors (Lipinski definition) is 7. The molecule has 1 fully saturated rings. The van der Waals surface area contributed by atoms with E-state index in [1.165, 1.54) is 19.2 Å². The van der Waals surface area contributed by atoms with Gasteiger partial charge in [0.25, 0.3) is 15.7 Å². The Hall–Kier alpha value is -3.14. The lowest BCUT2D eigenvalue weighted by Gasteiger charge is -2.20. The lowest BCUT2D eigenvalue weighted by molar-refractivity contribution is -0.384. The van der Waals surface area contributed by atoms with Crippen LogP contribution in [0.25, 0.3) is 0 Å². The van der Waals surface area contributed by atoms with E-state index in [2.05, 4.69) is 22.2 Å². The maximum atomic E-state index is 12.7. The number of sulfonamides is 1. The maximum Gasteiger partial charge on any atom is 0.295 e. The smallest absolute Gasteiger partial charge is 0.295 e. The number of nitrogens with one attached hydrogen (secondary N) is 2. The molecular weight excluding hydrogens is 408 g/mol. The van der Waals surface area contributed by atoms with Crippen LogP contribution in [0, 0.1) is 16.0 Å². The highest BCUT2D eigenvalue weighted by Crippen LogP contribution is 2.29. The van der Waals surface area contributed by atoms with E-state index in [0.717, 1.165) is 37.5 Å². The van der Waals surface area contributed by atoms with E-state index < -0.39 is 14.9 Å². The molecule has 0 saturated heterocycles. The first-order valence-corrected chi connectivity index (χ1v) is 11.1. The average molecular weight is 433 g/mol. The van der Waals surface area contributed by atoms with Crippen molar-refractivity contribution in [3.8, 4) is 5.75 Å². The van der Waals surface area contributed by atoms with Crippen molar-refractivity contribution >= 4 is 32.8 Å². The third kappa shape index (κ3) is 5.07. The Morgan fingerprint density at radius 2 is 1.90 bits per heavy atom. The van der Waals surface area contributed by atoms with E-state index in [1.54, 1.807) is 24.3 Å². The molecule has 1 unspecified atom stereocenters. The number of anilines is 2. The van der Waals surface area contributed by atoms with Crippen LogP contribution in [0.5, 0.6) is 5.75 Å². The Morgan fingerprint density at radius 3 is 2.53 bits per heavy atom. The molecule has 3 rings (SSSR count). The molecular formula is C20H24N4O5S. The van der Waals surface area contributed by atoms with Crippen molar-refractivity contribution in [3.63, 3.8) is 0 Å². The molecule has 2 aromatic rings. The van der Waals surface area contributed by atoms with Crippen molar-refractivity contribution < 1.29 is 18.1 Å². The fourth-order valence-electron chi connectivity index (χ4n) is 3.27. The van der Waals surface area contributed by atoms with Crippen LogP contribution in [-0.4, -0.2) is 26.2 Å². The molecule has 9 nitrogen and oxygen atoms in total. The van der Waals surface area contributed by atoms with Crippen molar-refractivity contribution in [1.29, 1.82) is 0 Å². The summed E-state index contributed by atoms with van der Waals surface area (Å²) >= 11 is 0. The van der Waals surface area contributed by atoms with Crippen molar-refractivity contribution in [2.24, 2.45) is 11.0 Å². The number of nitrogens with zero attached hydrogens (tertiary/aromatic N) is 2. The second-order valence-electron chi connectivity index (χ2n) is 7.13. The standard InChI is InChI=1S/C20H24N4O5S/c1-14-5-3-4-6-18(14)21-22-19-12-11-17(13-20(19)24(25)26)30(27,28)23-15-7-9-16(29-2)10-8-15/h7-14,22-23H,3-6H2,1-2H3/b21-18+. The molecule has 10 heteroatoms. The highest BCUT2D eigenvalue weighted by molar-refractivity contribution is 7.92. The number of methoxy groups -OCH3 is 1. The van der Waals surface area contributed by atoms with Crippen molar-refractivity contribution in [2.75, 3.05) is 17.3 Å². The van der Waals surface area contributed by atoms with Gasteiger partial charge in [-0.1, -0.05) is 13.3 Å². The summed E-state index contributed by atoms with van der Waals surface area (Å²) in [7, 11) is -2.50. The Labute approximate surface area is 175 Å². The van der Waals surface area contributed by atoms with Gasteiger partial charge in [0.1, 0.15) is 11.4 Å². The highest BCUT2D eigenvalue weighted by Gasteiger charge is 2.22. The van der Waals surface area contributed by atoms with E-state index in [4.69, 9.17) is 4.74 Å². The Bertz CT molecular complexity index is 1050. The van der Waals surface area contributed by atoms with Gasteiger partial charge in [-0.3, -0.25) is 20.3 Å². The highest BCUT2D eigenvalue weighted by atomic mass is 32.2. The van der Waals surface area contributed by atoms with Crippen LogP contribution in [0.15, 0.2) is 52.5 Å². The summed E-state index contributed by atoms with van der Waals surface area (Å²) < 4.78 is 32.8. The summed E-state index contributed by atoms with van der Waals surface area (Å²) in [6.07, 6.45) is 4.08. The van der Waals surface area contributed by atoms with E-state index >= 15 is 0 Å². The second kappa shape index (κ2) is 9.12. The molecule has 1 saturated carbocycles. The van der Waals surface area contributed by atoms with Crippen LogP contribution in [0.1, 0.15) is 32.6 Å². The summed E-state index contributed by atoms with van der Waals surface area (Å²) in [6, 6.07) is 10.0. The van der Waals surface area contributed by atoms with Crippen LogP contribution in [-0.2, 0) is 10.0 Å². The minimum atomic E-state index is -4.01. The normalized spacial score (nSPS) is 18.1. The minimum absolute atomic E-state index is 0.147. The topological polar surface area (TPSA) is 123 Å². The molecule has 160 valence electrons. The maximum absolute atomic E-state index is 12.7. The van der Waals surface area contributed by atoms with Crippen LogP contribution in [0.3, 0.4) is 0 Å². The van der Waals surface area contributed by atoms with Crippen molar-refractivity contribution in [2.45, 2.75) is 37.5 Å². The summed E-state index contributed by atoms with van der Waals surface area (Å²) in [5, 5.41) is 15.9. The Morgan fingerprint density at radius 1 is 1.17 bits per heavy atom. The number of hydrazone groups is 1. The zero-order valence-corrected chi connectivity index (χ0v) is 17.6. The van der Waals surface area contributed by atoms with Gasteiger partial charge >= 0.3 is 0 Å². The molecule has 1 atom stereocenters. The first kappa shape index (κ1) is 21.6. The molecule has 0 heterocycles. The molecule has 2 aromatic carbocycles. The largest absolute Gasteiger partial charge is 0.497 e. The SMILES string of the molecule is COc1ccc(NS(=O)(=O)c2ccc(N/N=C3\CCCCC3C)c([N+](=O)[O-])c2)cc1. The molecule has 30 heavy (non-hydrogen) atoms. The molecule has 0 radical (unpaired) electrons. The molecule has 0 spiro atoms. The quantitative estimate of drug-likeness (QED) is 0.494. The van der Waals surface area contributed by atoms with Crippen LogP contribution < -0.4 is 14.9 Å². The second-order valence-corrected chi connectivity index (χ2v) is 8.81. The van der Waals surface area contributed by atoms with Gasteiger partial charge in [-0.25, -0.2) is 8.42 Å². The lowest BCUT2D eigenvalue weighted by Crippen LogP contribution is -2.17. The Balaban J connectivity index is 1.84. The van der Waals surface area contributed by atoms with E-state index in [9.17, 15) is 18.5 Å². The minimum Gasteiger partial charge on any atom is -0.497 e. The van der Waals surface area contributed by atoms with Crippen LogP contribution in [0.4, 0.5) is 17.1 Å². The summed E-state index contributed by atoms with van der Waals surface area (Å²) in [5.74, 6) is 0.900. The Kier molecular flexibility index (Phi) is 6.56. The number of benzene rings is 2. The van der Waals surface area contributed by atoms with E-state index in [1.807, 2.05) is 0 Å². The van der Waals surface area contributed by atoms with Gasteiger partial charge in [0, 0.05) is 17.5 Å². The van der Waals surface area contributed by atoms with Gasteiger partial charge < -0.3 is 4.74 Å². The van der Waals surface area contributed by atoms with Gasteiger partial charge in [-0.05, 0) is 61.6 Å². The fourth-order valence-corrected chi connectivity index (χ4v) is 4.34. The number of nitro benzene ring substituents is 1. The summed E-state index contributed by atoms with van der Waals surface area (Å²) in [5.41, 5.74) is 3.82. The third-order valence-corrected chi connectivity index (χ3v) is 6.41. The van der Waals surface area contributed by atoms with Gasteiger partial charge in [0.05, 0.1) is 16.9 Å². The zero-order chi connectivity index (χ0) is 21.7. The zero-order valence-electron chi connectivity index (χ0n) is 16.8. The number of rotatable bonds is 7. The predicted molar refractivity (Wildman–Crippen MR) is 116 cm³/mol. The molecule has 0 bridgehead atoms. The lowest BCUT2D eigenvalue weighted by atomic mass is 9.89.